The minimum atomic E-state index is -0.0641. The molecule has 0 saturated carbocycles. The van der Waals surface area contributed by atoms with Gasteiger partial charge in [0.2, 0.25) is 0 Å². The number of carbonyl (C=O) groups is 1. The first-order valence-electron chi connectivity index (χ1n) is 10.7. The van der Waals surface area contributed by atoms with Crippen LogP contribution in [0.4, 0.5) is 0 Å². The van der Waals surface area contributed by atoms with Crippen LogP contribution in [-0.2, 0) is 9.53 Å². The van der Waals surface area contributed by atoms with Gasteiger partial charge in [0, 0.05) is 12.2 Å². The number of allylic oxidation sites excluding steroid dienone is 1. The van der Waals surface area contributed by atoms with Crippen LogP contribution in [-0.4, -0.2) is 18.3 Å². The van der Waals surface area contributed by atoms with E-state index in [1.807, 2.05) is 6.08 Å². The van der Waals surface area contributed by atoms with Crippen molar-refractivity contribution in [3.63, 3.8) is 0 Å². The highest BCUT2D eigenvalue weighted by Gasteiger charge is 2.01. The van der Waals surface area contributed by atoms with Crippen LogP contribution < -0.4 is 0 Å². The average molecular weight is 371 g/mol. The molecular weight excluding hydrogens is 328 g/mol. The van der Waals surface area contributed by atoms with Gasteiger partial charge in [-0.3, -0.25) is 4.79 Å². The Bertz CT molecular complexity index is 292. The van der Waals surface area contributed by atoms with E-state index in [2.05, 4.69) is 19.2 Å². The molecule has 0 amide bonds. The summed E-state index contributed by atoms with van der Waals surface area (Å²) in [7, 11) is 0. The first-order chi connectivity index (χ1) is 12.3. The minimum absolute atomic E-state index is 0.0641. The summed E-state index contributed by atoms with van der Waals surface area (Å²) < 4.78 is 5.00. The lowest BCUT2D eigenvalue weighted by Crippen LogP contribution is -2.06. The first-order valence-corrected chi connectivity index (χ1v) is 11.3. The second-order valence-corrected chi connectivity index (χ2v) is 7.52. The number of thiol groups is 1. The van der Waals surface area contributed by atoms with Crippen LogP contribution in [0, 0.1) is 0 Å². The number of hydrogen-bond acceptors (Lipinski definition) is 3. The highest BCUT2D eigenvalue weighted by molar-refractivity contribution is 7.80. The third-order valence-electron chi connectivity index (χ3n) is 4.64. The lowest BCUT2D eigenvalue weighted by molar-refractivity contribution is -0.143. The molecule has 0 aliphatic rings. The summed E-state index contributed by atoms with van der Waals surface area (Å²) in [6, 6.07) is 0. The Kier molecular flexibility index (Phi) is 21.2. The Morgan fingerprint density at radius 2 is 1.12 bits per heavy atom. The molecule has 3 heteroatoms. The molecule has 0 aromatic rings. The topological polar surface area (TPSA) is 26.3 Å². The summed E-state index contributed by atoms with van der Waals surface area (Å²) >= 11 is 4.02. The van der Waals surface area contributed by atoms with Gasteiger partial charge >= 0.3 is 5.97 Å². The van der Waals surface area contributed by atoms with Crippen molar-refractivity contribution in [2.45, 2.75) is 109 Å². The third-order valence-corrected chi connectivity index (χ3v) is 4.83. The van der Waals surface area contributed by atoms with Crippen LogP contribution in [0.3, 0.4) is 0 Å². The molecule has 0 aliphatic carbocycles. The molecule has 0 N–H and O–H groups in total. The van der Waals surface area contributed by atoms with Crippen molar-refractivity contribution >= 4 is 18.6 Å². The molecule has 0 aromatic carbocycles. The van der Waals surface area contributed by atoms with Gasteiger partial charge in [0.15, 0.2) is 0 Å². The molecule has 0 fully saturated rings. The zero-order chi connectivity index (χ0) is 18.4. The van der Waals surface area contributed by atoms with E-state index in [1.54, 1.807) is 0 Å². The molecular formula is C22H42O2S. The fourth-order valence-corrected chi connectivity index (χ4v) is 3.18. The van der Waals surface area contributed by atoms with Crippen LogP contribution >= 0.6 is 12.6 Å². The van der Waals surface area contributed by atoms with Crippen LogP contribution in [0.25, 0.3) is 0 Å². The molecule has 0 spiro atoms. The van der Waals surface area contributed by atoms with Crippen molar-refractivity contribution in [2.75, 3.05) is 12.4 Å². The quantitative estimate of drug-likeness (QED) is 0.105. The van der Waals surface area contributed by atoms with Gasteiger partial charge in [0.05, 0.1) is 0 Å². The molecule has 0 unspecified atom stereocenters. The van der Waals surface area contributed by atoms with Crippen LogP contribution in [0.15, 0.2) is 12.7 Å². The number of unbranched alkanes of at least 4 members (excludes halogenated alkanes) is 15. The van der Waals surface area contributed by atoms with Crippen LogP contribution in [0.5, 0.6) is 0 Å². The third kappa shape index (κ3) is 21.5. The zero-order valence-electron chi connectivity index (χ0n) is 16.5. The Morgan fingerprint density at radius 1 is 0.720 bits per heavy atom. The Balaban J connectivity index is 3.05. The fraction of sp³-hybridized carbons (Fsp3) is 0.864. The Hall–Kier alpha value is -0.440. The van der Waals surface area contributed by atoms with Gasteiger partial charge in [0.1, 0.15) is 6.61 Å². The smallest absolute Gasteiger partial charge is 0.305 e. The highest BCUT2D eigenvalue weighted by atomic mass is 32.1. The van der Waals surface area contributed by atoms with Crippen molar-refractivity contribution in [3.05, 3.63) is 12.7 Å². The number of carbonyl (C=O) groups excluding carboxylic acids is 1. The second-order valence-electron chi connectivity index (χ2n) is 7.07. The number of hydrogen-bond donors (Lipinski definition) is 1. The van der Waals surface area contributed by atoms with Gasteiger partial charge in [-0.25, -0.2) is 0 Å². The number of esters is 1. The van der Waals surface area contributed by atoms with Crippen LogP contribution in [0.1, 0.15) is 109 Å². The predicted octanol–water partition coefficient (Wildman–Crippen LogP) is 7.28. The van der Waals surface area contributed by atoms with E-state index < -0.39 is 0 Å². The van der Waals surface area contributed by atoms with Gasteiger partial charge in [0.25, 0.3) is 0 Å². The lowest BCUT2D eigenvalue weighted by atomic mass is 10.0. The van der Waals surface area contributed by atoms with Gasteiger partial charge in [-0.1, -0.05) is 89.5 Å². The molecule has 148 valence electrons. The standard InChI is InChI=1S/C22H42O2S/c1-2-3-4-5-6-7-8-9-10-11-12-13-14-15-16-17-18-19-22(23)24-20-21-25/h2,25H,1,3-21H2. The van der Waals surface area contributed by atoms with Gasteiger partial charge < -0.3 is 4.74 Å². The summed E-state index contributed by atoms with van der Waals surface area (Å²) in [6.45, 7) is 4.21. The summed E-state index contributed by atoms with van der Waals surface area (Å²) in [5.74, 6) is 0.549. The molecule has 0 saturated heterocycles. The van der Waals surface area contributed by atoms with E-state index in [9.17, 15) is 4.79 Å². The molecule has 0 radical (unpaired) electrons. The van der Waals surface area contributed by atoms with Crippen LogP contribution in [0.2, 0.25) is 0 Å². The summed E-state index contributed by atoms with van der Waals surface area (Å²) in [6.07, 6.45) is 23.8. The van der Waals surface area contributed by atoms with Crippen molar-refractivity contribution in [1.82, 2.24) is 0 Å². The van der Waals surface area contributed by atoms with E-state index in [0.717, 1.165) is 12.8 Å². The summed E-state index contributed by atoms with van der Waals surface area (Å²) in [4.78, 5) is 11.3. The second kappa shape index (κ2) is 21.6. The van der Waals surface area contributed by atoms with E-state index in [1.165, 1.54) is 89.9 Å². The molecule has 0 heterocycles. The summed E-state index contributed by atoms with van der Waals surface area (Å²) in [5.41, 5.74) is 0. The summed E-state index contributed by atoms with van der Waals surface area (Å²) in [5, 5.41) is 0. The molecule has 2 nitrogen and oxygen atoms in total. The average Bonchev–Trinajstić information content (AvgIpc) is 2.62. The van der Waals surface area contributed by atoms with Gasteiger partial charge in [-0.15, -0.1) is 6.58 Å². The van der Waals surface area contributed by atoms with Crippen molar-refractivity contribution in [1.29, 1.82) is 0 Å². The minimum Gasteiger partial charge on any atom is -0.465 e. The number of ether oxygens (including phenoxy) is 1. The molecule has 25 heavy (non-hydrogen) atoms. The predicted molar refractivity (Wildman–Crippen MR) is 113 cm³/mol. The zero-order valence-corrected chi connectivity index (χ0v) is 17.4. The maximum absolute atomic E-state index is 11.3. The fourth-order valence-electron chi connectivity index (χ4n) is 3.09. The van der Waals surface area contributed by atoms with Gasteiger partial charge in [-0.2, -0.15) is 12.6 Å². The SMILES string of the molecule is C=CCCCCCCCCCCCCCCCCCC(=O)OCCS. The maximum atomic E-state index is 11.3. The molecule has 0 aliphatic heterocycles. The van der Waals surface area contributed by atoms with Crippen molar-refractivity contribution in [3.8, 4) is 0 Å². The first kappa shape index (κ1) is 24.6. The van der Waals surface area contributed by atoms with Crippen molar-refractivity contribution < 1.29 is 9.53 Å². The maximum Gasteiger partial charge on any atom is 0.305 e. The number of rotatable bonds is 20. The molecule has 0 atom stereocenters. The molecule has 0 bridgehead atoms. The van der Waals surface area contributed by atoms with E-state index in [0.29, 0.717) is 18.8 Å². The van der Waals surface area contributed by atoms with Crippen molar-refractivity contribution in [2.24, 2.45) is 0 Å². The molecule has 0 aromatic heterocycles. The van der Waals surface area contributed by atoms with E-state index in [-0.39, 0.29) is 5.97 Å². The largest absolute Gasteiger partial charge is 0.465 e. The lowest BCUT2D eigenvalue weighted by Gasteiger charge is -2.04. The Labute approximate surface area is 162 Å². The van der Waals surface area contributed by atoms with Gasteiger partial charge in [-0.05, 0) is 19.3 Å². The van der Waals surface area contributed by atoms with E-state index >= 15 is 0 Å². The monoisotopic (exact) mass is 370 g/mol. The Morgan fingerprint density at radius 3 is 1.52 bits per heavy atom. The molecule has 0 rings (SSSR count). The normalized spacial score (nSPS) is 10.8. The van der Waals surface area contributed by atoms with E-state index in [4.69, 9.17) is 4.74 Å². The highest BCUT2D eigenvalue weighted by Crippen LogP contribution is 2.14.